The van der Waals surface area contributed by atoms with E-state index in [1.54, 1.807) is 12.1 Å². The van der Waals surface area contributed by atoms with Crippen LogP contribution in [0, 0.1) is 12.3 Å². The van der Waals surface area contributed by atoms with E-state index in [1.807, 2.05) is 19.9 Å². The Kier molecular flexibility index (Phi) is 4.42. The maximum Gasteiger partial charge on any atom is 0.321 e. The molecule has 1 fully saturated rings. The maximum atomic E-state index is 12.3. The quantitative estimate of drug-likeness (QED) is 0.899. The third kappa shape index (κ3) is 3.13. The van der Waals surface area contributed by atoms with E-state index in [0.29, 0.717) is 30.1 Å². The zero-order chi connectivity index (χ0) is 15.6. The van der Waals surface area contributed by atoms with Gasteiger partial charge in [-0.25, -0.2) is 4.79 Å². The molecule has 2 rings (SSSR count). The summed E-state index contributed by atoms with van der Waals surface area (Å²) in [6, 6.07) is 5.07. The van der Waals surface area contributed by atoms with Crippen LogP contribution in [0.4, 0.5) is 10.5 Å². The third-order valence-corrected chi connectivity index (χ3v) is 4.46. The average molecular weight is 311 g/mol. The molecule has 1 heterocycles. The minimum atomic E-state index is -0.839. The molecule has 0 aliphatic carbocycles. The van der Waals surface area contributed by atoms with Gasteiger partial charge in [-0.05, 0) is 37.5 Å². The highest BCUT2D eigenvalue weighted by atomic mass is 35.5. The number of urea groups is 1. The van der Waals surface area contributed by atoms with Crippen molar-refractivity contribution < 1.29 is 14.7 Å². The molecule has 1 aliphatic heterocycles. The average Bonchev–Trinajstić information content (AvgIpc) is 2.89. The number of carboxylic acids is 1. The van der Waals surface area contributed by atoms with E-state index in [0.717, 1.165) is 5.56 Å². The fourth-order valence-electron chi connectivity index (χ4n) is 2.59. The number of hydrogen-bond donors (Lipinski definition) is 2. The molecule has 1 aliphatic rings. The Morgan fingerprint density at radius 2 is 2.19 bits per heavy atom. The number of amides is 2. The topological polar surface area (TPSA) is 69.6 Å². The smallest absolute Gasteiger partial charge is 0.321 e. The van der Waals surface area contributed by atoms with Gasteiger partial charge in [-0.15, -0.1) is 0 Å². The number of halogens is 1. The van der Waals surface area contributed by atoms with E-state index in [9.17, 15) is 14.7 Å². The molecule has 5 nitrogen and oxygen atoms in total. The van der Waals surface area contributed by atoms with E-state index < -0.39 is 11.4 Å². The Morgan fingerprint density at radius 3 is 2.76 bits per heavy atom. The molecule has 21 heavy (non-hydrogen) atoms. The molecule has 0 bridgehead atoms. The summed E-state index contributed by atoms with van der Waals surface area (Å²) in [5.74, 6) is -0.839. The van der Waals surface area contributed by atoms with Crippen molar-refractivity contribution in [1.29, 1.82) is 0 Å². The van der Waals surface area contributed by atoms with Crippen molar-refractivity contribution in [2.75, 3.05) is 18.4 Å². The molecule has 0 spiro atoms. The van der Waals surface area contributed by atoms with Gasteiger partial charge < -0.3 is 15.3 Å². The lowest BCUT2D eigenvalue weighted by atomic mass is 9.84. The van der Waals surface area contributed by atoms with Crippen LogP contribution < -0.4 is 5.32 Å². The predicted octanol–water partition coefficient (Wildman–Crippen LogP) is 3.37. The number of benzene rings is 1. The number of carboxylic acid groups (broad SMARTS) is 1. The Hall–Kier alpha value is -1.75. The minimum Gasteiger partial charge on any atom is -0.481 e. The fourth-order valence-corrected chi connectivity index (χ4v) is 2.75. The van der Waals surface area contributed by atoms with Crippen LogP contribution in [0.25, 0.3) is 0 Å². The molecule has 114 valence electrons. The summed E-state index contributed by atoms with van der Waals surface area (Å²) in [7, 11) is 0. The molecule has 1 unspecified atom stereocenters. The first-order valence-electron chi connectivity index (χ1n) is 6.93. The van der Waals surface area contributed by atoms with Gasteiger partial charge >= 0.3 is 12.0 Å². The fraction of sp³-hybridized carbons (Fsp3) is 0.467. The van der Waals surface area contributed by atoms with Crippen molar-refractivity contribution in [3.8, 4) is 0 Å². The number of anilines is 1. The standard InChI is InChI=1S/C15H19ClN2O3/c1-3-15(13(19)20)6-7-18(9-15)14(21)17-12-8-10(2)4-5-11(12)16/h4-5,8H,3,6-7,9H2,1-2H3,(H,17,21)(H,19,20). The number of rotatable bonds is 3. The second-order valence-electron chi connectivity index (χ2n) is 5.52. The van der Waals surface area contributed by atoms with Crippen LogP contribution in [0.1, 0.15) is 25.3 Å². The second kappa shape index (κ2) is 5.93. The molecule has 6 heteroatoms. The highest BCUT2D eigenvalue weighted by molar-refractivity contribution is 6.33. The van der Waals surface area contributed by atoms with E-state index in [-0.39, 0.29) is 12.6 Å². The molecule has 2 N–H and O–H groups in total. The molecular weight excluding hydrogens is 292 g/mol. The van der Waals surface area contributed by atoms with Crippen molar-refractivity contribution >= 4 is 29.3 Å². The Morgan fingerprint density at radius 1 is 1.48 bits per heavy atom. The van der Waals surface area contributed by atoms with Crippen molar-refractivity contribution in [3.63, 3.8) is 0 Å². The highest BCUT2D eigenvalue weighted by Gasteiger charge is 2.44. The van der Waals surface area contributed by atoms with Crippen molar-refractivity contribution in [3.05, 3.63) is 28.8 Å². The summed E-state index contributed by atoms with van der Waals surface area (Å²) in [6.07, 6.45) is 0.991. The molecule has 1 aromatic carbocycles. The Labute approximate surface area is 128 Å². The van der Waals surface area contributed by atoms with Gasteiger partial charge in [0.15, 0.2) is 0 Å². The Bertz CT molecular complexity index is 576. The van der Waals surface area contributed by atoms with Crippen molar-refractivity contribution in [2.24, 2.45) is 5.41 Å². The van der Waals surface area contributed by atoms with Crippen LogP contribution in [0.5, 0.6) is 0 Å². The molecule has 0 saturated carbocycles. The van der Waals surface area contributed by atoms with E-state index in [2.05, 4.69) is 5.32 Å². The lowest BCUT2D eigenvalue weighted by Crippen LogP contribution is -2.38. The van der Waals surface area contributed by atoms with Gasteiger partial charge in [-0.1, -0.05) is 24.6 Å². The van der Waals surface area contributed by atoms with Gasteiger partial charge in [0.05, 0.1) is 16.1 Å². The van der Waals surface area contributed by atoms with Crippen LogP contribution in [0.2, 0.25) is 5.02 Å². The molecule has 1 saturated heterocycles. The first kappa shape index (κ1) is 15.6. The number of aryl methyl sites for hydroxylation is 1. The van der Waals surface area contributed by atoms with Gasteiger partial charge in [-0.2, -0.15) is 0 Å². The van der Waals surface area contributed by atoms with Crippen LogP contribution in [-0.4, -0.2) is 35.1 Å². The van der Waals surface area contributed by atoms with E-state index >= 15 is 0 Å². The second-order valence-corrected chi connectivity index (χ2v) is 5.93. The molecule has 1 aromatic rings. The highest BCUT2D eigenvalue weighted by Crippen LogP contribution is 2.34. The SMILES string of the molecule is CCC1(C(=O)O)CCN(C(=O)Nc2cc(C)ccc2Cl)C1. The number of likely N-dealkylation sites (tertiary alicyclic amines) is 1. The first-order valence-corrected chi connectivity index (χ1v) is 7.31. The largest absolute Gasteiger partial charge is 0.481 e. The molecule has 1 atom stereocenters. The van der Waals surface area contributed by atoms with Gasteiger partial charge in [0, 0.05) is 13.1 Å². The Balaban J connectivity index is 2.09. The van der Waals surface area contributed by atoms with Crippen molar-refractivity contribution in [2.45, 2.75) is 26.7 Å². The predicted molar refractivity (Wildman–Crippen MR) is 81.8 cm³/mol. The van der Waals surface area contributed by atoms with Crippen molar-refractivity contribution in [1.82, 2.24) is 4.90 Å². The number of nitrogens with one attached hydrogen (secondary N) is 1. The van der Waals surface area contributed by atoms with Crippen LogP contribution in [0.3, 0.4) is 0 Å². The van der Waals surface area contributed by atoms with E-state index in [4.69, 9.17) is 11.6 Å². The summed E-state index contributed by atoms with van der Waals surface area (Å²) in [4.78, 5) is 25.2. The van der Waals surface area contributed by atoms with E-state index in [1.165, 1.54) is 4.90 Å². The molecule has 0 radical (unpaired) electrons. The zero-order valence-corrected chi connectivity index (χ0v) is 12.9. The number of carbonyl (C=O) groups excluding carboxylic acids is 1. The monoisotopic (exact) mass is 310 g/mol. The number of aliphatic carboxylic acids is 1. The lowest BCUT2D eigenvalue weighted by molar-refractivity contribution is -0.148. The zero-order valence-electron chi connectivity index (χ0n) is 12.1. The normalized spacial score (nSPS) is 21.4. The summed E-state index contributed by atoms with van der Waals surface area (Å²) < 4.78 is 0. The number of nitrogens with zero attached hydrogens (tertiary/aromatic N) is 1. The number of carbonyl (C=O) groups is 2. The van der Waals surface area contributed by atoms with Crippen LogP contribution in [-0.2, 0) is 4.79 Å². The van der Waals surface area contributed by atoms with Crippen LogP contribution in [0.15, 0.2) is 18.2 Å². The van der Waals surface area contributed by atoms with Crippen LogP contribution >= 0.6 is 11.6 Å². The van der Waals surface area contributed by atoms with Gasteiger partial charge in [0.25, 0.3) is 0 Å². The summed E-state index contributed by atoms with van der Waals surface area (Å²) in [5.41, 5.74) is 0.712. The number of hydrogen-bond acceptors (Lipinski definition) is 2. The lowest BCUT2D eigenvalue weighted by Gasteiger charge is -2.23. The first-order chi connectivity index (χ1) is 9.88. The third-order valence-electron chi connectivity index (χ3n) is 4.13. The molecule has 0 aromatic heterocycles. The van der Waals surface area contributed by atoms with Gasteiger partial charge in [0.2, 0.25) is 0 Å². The maximum absolute atomic E-state index is 12.3. The van der Waals surface area contributed by atoms with Gasteiger partial charge in [-0.3, -0.25) is 4.79 Å². The minimum absolute atomic E-state index is 0.230. The summed E-state index contributed by atoms with van der Waals surface area (Å²) in [6.45, 7) is 4.42. The molecule has 2 amide bonds. The summed E-state index contributed by atoms with van der Waals surface area (Å²) in [5, 5.41) is 12.6. The molecular formula is C15H19ClN2O3. The van der Waals surface area contributed by atoms with Gasteiger partial charge in [0.1, 0.15) is 0 Å². The summed E-state index contributed by atoms with van der Waals surface area (Å²) >= 11 is 6.05.